The van der Waals surface area contributed by atoms with E-state index in [1.54, 1.807) is 0 Å². The summed E-state index contributed by atoms with van der Waals surface area (Å²) >= 11 is 9.32. The van der Waals surface area contributed by atoms with Gasteiger partial charge >= 0.3 is 0 Å². The molecular weight excluding hydrogens is 360 g/mol. The van der Waals surface area contributed by atoms with Crippen molar-refractivity contribution >= 4 is 43.2 Å². The third kappa shape index (κ3) is 3.01. The quantitative estimate of drug-likeness (QED) is 0.590. The Bertz CT molecular complexity index is 517. The first kappa shape index (κ1) is 13.3. The van der Waals surface area contributed by atoms with Crippen LogP contribution in [0.5, 0.6) is 0 Å². The molecule has 0 aliphatic heterocycles. The second-order valence-corrected chi connectivity index (χ2v) is 7.02. The smallest absolute Gasteiger partial charge is 0.0749 e. The van der Waals surface area contributed by atoms with Crippen molar-refractivity contribution < 1.29 is 0 Å². The van der Waals surface area contributed by atoms with E-state index in [1.165, 1.54) is 25.4 Å². The van der Waals surface area contributed by atoms with Crippen molar-refractivity contribution in [3.05, 3.63) is 55.7 Å². The lowest BCUT2D eigenvalue weighted by Crippen LogP contribution is -1.91. The van der Waals surface area contributed by atoms with E-state index in [2.05, 4.69) is 76.0 Å². The molecule has 0 aliphatic carbocycles. The Kier molecular flexibility index (Phi) is 4.45. The molecule has 0 saturated carbocycles. The molecule has 17 heavy (non-hydrogen) atoms. The molecule has 1 heterocycles. The molecule has 0 spiro atoms. The van der Waals surface area contributed by atoms with E-state index < -0.39 is 0 Å². The maximum absolute atomic E-state index is 3.79. The Labute approximate surface area is 123 Å². The van der Waals surface area contributed by atoms with Gasteiger partial charge in [0, 0.05) is 14.2 Å². The van der Waals surface area contributed by atoms with Gasteiger partial charge in [0.25, 0.3) is 0 Å². The van der Waals surface area contributed by atoms with E-state index in [-0.39, 0.29) is 4.83 Å². The largest absolute Gasteiger partial charge is 0.144 e. The molecule has 0 bridgehead atoms. The van der Waals surface area contributed by atoms with Gasteiger partial charge in [0.2, 0.25) is 0 Å². The lowest BCUT2D eigenvalue weighted by molar-refractivity contribution is 1.19. The van der Waals surface area contributed by atoms with Crippen molar-refractivity contribution in [3.8, 4) is 0 Å². The number of benzene rings is 1. The molecule has 0 amide bonds. The Morgan fingerprint density at radius 2 is 2.00 bits per heavy atom. The van der Waals surface area contributed by atoms with Gasteiger partial charge in [0.05, 0.1) is 4.83 Å². The van der Waals surface area contributed by atoms with Crippen molar-refractivity contribution in [2.45, 2.75) is 25.1 Å². The van der Waals surface area contributed by atoms with Crippen LogP contribution >= 0.6 is 43.2 Å². The molecule has 0 radical (unpaired) electrons. The van der Waals surface area contributed by atoms with Gasteiger partial charge < -0.3 is 0 Å². The number of halogens is 2. The first-order valence-corrected chi connectivity index (χ1v) is 8.13. The van der Waals surface area contributed by atoms with E-state index in [0.29, 0.717) is 0 Å². The maximum atomic E-state index is 3.79. The number of aryl methyl sites for hydroxylation is 2. The summed E-state index contributed by atoms with van der Waals surface area (Å²) in [6.07, 6.45) is 1.11. The van der Waals surface area contributed by atoms with Gasteiger partial charge in [0.15, 0.2) is 0 Å². The number of alkyl halides is 1. The van der Waals surface area contributed by atoms with Crippen LogP contribution in [0.3, 0.4) is 0 Å². The van der Waals surface area contributed by atoms with Crippen LogP contribution < -0.4 is 0 Å². The minimum absolute atomic E-state index is 0.280. The number of rotatable bonds is 3. The molecule has 1 unspecified atom stereocenters. The molecule has 0 N–H and O–H groups in total. The van der Waals surface area contributed by atoms with E-state index in [4.69, 9.17) is 0 Å². The van der Waals surface area contributed by atoms with Crippen LogP contribution in [0, 0.1) is 6.92 Å². The Morgan fingerprint density at radius 3 is 2.59 bits per heavy atom. The normalized spacial score (nSPS) is 12.7. The Morgan fingerprint density at radius 1 is 1.24 bits per heavy atom. The van der Waals surface area contributed by atoms with E-state index in [0.717, 1.165) is 6.42 Å². The second-order valence-electron chi connectivity index (χ2n) is 4.05. The highest BCUT2D eigenvalue weighted by atomic mass is 79.9. The van der Waals surface area contributed by atoms with Gasteiger partial charge in [0.1, 0.15) is 0 Å². The molecule has 90 valence electrons. The molecule has 0 fully saturated rings. The zero-order valence-electron chi connectivity index (χ0n) is 9.84. The van der Waals surface area contributed by atoms with Crippen LogP contribution in [0.4, 0.5) is 0 Å². The van der Waals surface area contributed by atoms with Crippen molar-refractivity contribution in [3.63, 3.8) is 0 Å². The third-order valence-corrected chi connectivity index (χ3v) is 5.98. The van der Waals surface area contributed by atoms with Crippen molar-refractivity contribution in [1.82, 2.24) is 0 Å². The summed E-state index contributed by atoms with van der Waals surface area (Å²) in [5.41, 5.74) is 2.57. The van der Waals surface area contributed by atoms with Gasteiger partial charge in [-0.3, -0.25) is 0 Å². The van der Waals surface area contributed by atoms with Crippen LogP contribution in [-0.2, 0) is 6.42 Å². The van der Waals surface area contributed by atoms with Crippen molar-refractivity contribution in [2.24, 2.45) is 0 Å². The van der Waals surface area contributed by atoms with Crippen LogP contribution in [-0.4, -0.2) is 0 Å². The molecule has 1 aromatic carbocycles. The highest BCUT2D eigenvalue weighted by molar-refractivity contribution is 9.11. The van der Waals surface area contributed by atoms with Gasteiger partial charge in [-0.15, -0.1) is 11.3 Å². The van der Waals surface area contributed by atoms with E-state index in [9.17, 15) is 0 Å². The first-order chi connectivity index (χ1) is 8.11. The number of thiophene rings is 1. The van der Waals surface area contributed by atoms with Gasteiger partial charge in [-0.05, 0) is 42.7 Å². The number of hydrogen-bond donors (Lipinski definition) is 0. The Hall–Kier alpha value is -0.120. The summed E-state index contributed by atoms with van der Waals surface area (Å²) in [6.45, 7) is 4.30. The Balaban J connectivity index is 2.33. The number of hydrogen-bond acceptors (Lipinski definition) is 1. The van der Waals surface area contributed by atoms with Gasteiger partial charge in [-0.1, -0.05) is 50.9 Å². The molecule has 2 aromatic rings. The van der Waals surface area contributed by atoms with E-state index in [1.807, 2.05) is 11.3 Å². The molecule has 1 atom stereocenters. The van der Waals surface area contributed by atoms with Crippen LogP contribution in [0.25, 0.3) is 0 Å². The predicted molar refractivity (Wildman–Crippen MR) is 83.3 cm³/mol. The van der Waals surface area contributed by atoms with E-state index >= 15 is 0 Å². The minimum Gasteiger partial charge on any atom is -0.144 e. The summed E-state index contributed by atoms with van der Waals surface area (Å²) in [6, 6.07) is 10.9. The average Bonchev–Trinajstić information content (AvgIpc) is 2.76. The highest BCUT2D eigenvalue weighted by Crippen LogP contribution is 2.38. The fourth-order valence-corrected chi connectivity index (χ4v) is 4.52. The first-order valence-electron chi connectivity index (χ1n) is 5.60. The fraction of sp³-hybridized carbons (Fsp3) is 0.286. The molecule has 0 nitrogen and oxygen atoms in total. The molecule has 0 saturated heterocycles. The minimum atomic E-state index is 0.280. The molecule has 1 aromatic heterocycles. The average molecular weight is 374 g/mol. The molecule has 2 rings (SSSR count). The highest BCUT2D eigenvalue weighted by Gasteiger charge is 2.15. The van der Waals surface area contributed by atoms with Gasteiger partial charge in [-0.25, -0.2) is 0 Å². The maximum Gasteiger partial charge on any atom is 0.0749 e. The van der Waals surface area contributed by atoms with Gasteiger partial charge in [-0.2, -0.15) is 0 Å². The predicted octanol–water partition coefficient (Wildman–Crippen LogP) is 5.87. The SMILES string of the molecule is CCc1ccc(C(Br)c2ccc(C)cc2Br)s1. The molecular formula is C14H14Br2S. The summed E-state index contributed by atoms with van der Waals surface area (Å²) in [7, 11) is 0. The summed E-state index contributed by atoms with van der Waals surface area (Å²) in [5, 5.41) is 0. The standard InChI is InChI=1S/C14H14Br2S/c1-3-10-5-7-13(17-10)14(16)11-6-4-9(2)8-12(11)15/h4-8,14H,3H2,1-2H3. The lowest BCUT2D eigenvalue weighted by atomic mass is 10.1. The van der Waals surface area contributed by atoms with Crippen LogP contribution in [0.15, 0.2) is 34.8 Å². The van der Waals surface area contributed by atoms with Crippen molar-refractivity contribution in [1.29, 1.82) is 0 Å². The topological polar surface area (TPSA) is 0 Å². The van der Waals surface area contributed by atoms with Crippen molar-refractivity contribution in [2.75, 3.05) is 0 Å². The van der Waals surface area contributed by atoms with Crippen LogP contribution in [0.1, 0.15) is 32.6 Å². The monoisotopic (exact) mass is 372 g/mol. The second kappa shape index (κ2) is 5.68. The third-order valence-electron chi connectivity index (χ3n) is 2.71. The zero-order valence-corrected chi connectivity index (χ0v) is 13.8. The lowest BCUT2D eigenvalue weighted by Gasteiger charge is -2.11. The molecule has 0 aliphatic rings. The zero-order chi connectivity index (χ0) is 12.4. The fourth-order valence-electron chi connectivity index (χ4n) is 1.71. The summed E-state index contributed by atoms with van der Waals surface area (Å²) in [5.74, 6) is 0. The molecule has 3 heteroatoms. The van der Waals surface area contributed by atoms with Crippen LogP contribution in [0.2, 0.25) is 0 Å². The summed E-state index contributed by atoms with van der Waals surface area (Å²) < 4.78 is 1.17. The summed E-state index contributed by atoms with van der Waals surface area (Å²) in [4.78, 5) is 3.09.